The Balaban J connectivity index is 1.23. The monoisotopic (exact) mass is 674 g/mol. The quantitative estimate of drug-likeness (QED) is 0.212. The molecule has 5 N–H and O–H groups in total. The van der Waals surface area contributed by atoms with E-state index in [1.54, 1.807) is 6.08 Å². The number of aliphatic hydroxyl groups excluding tert-OH is 2. The molecule has 0 aliphatic carbocycles. The first-order chi connectivity index (χ1) is 20.7. The van der Waals surface area contributed by atoms with Crippen LogP contribution in [-0.2, 0) is 36.3 Å². The van der Waals surface area contributed by atoms with Crippen LogP contribution in [-0.4, -0.2) is 71.2 Å². The Labute approximate surface area is 250 Å². The fourth-order valence-electron chi connectivity index (χ4n) is 4.66. The molecule has 1 saturated heterocycles. The molecule has 2 aromatic carbocycles. The van der Waals surface area contributed by atoms with Gasteiger partial charge in [0.1, 0.15) is 31.7 Å². The molecule has 0 radical (unpaired) electrons. The minimum atomic E-state index is -5.96. The van der Waals surface area contributed by atoms with E-state index in [9.17, 15) is 43.4 Å². The lowest BCUT2D eigenvalue weighted by Gasteiger charge is -2.35. The highest BCUT2D eigenvalue weighted by Crippen LogP contribution is 2.62. The number of carbonyl (C=O) groups is 1. The molecular weight excluding hydrogens is 647 g/mol. The average molecular weight is 674 g/mol. The third-order valence-electron chi connectivity index (χ3n) is 6.73. The fourth-order valence-corrected chi connectivity index (χ4v) is 8.66. The van der Waals surface area contributed by atoms with Crippen molar-refractivity contribution in [2.75, 3.05) is 19.3 Å². The van der Waals surface area contributed by atoms with Gasteiger partial charge in [0.05, 0.1) is 6.61 Å². The summed E-state index contributed by atoms with van der Waals surface area (Å²) in [6.07, 6.45) is -5.49. The standard InChI is InChI=1S/C24H30N3O14P3/c25-8-3-9-42(31,32)40-44(35,36)41-43(33,34)37-13-19-20(28)21(29)23(39-19)27-12-17-11-18(38-22(17)26-24(27)30)16-7-6-14-4-1-2-5-15(14)10-16/h1-2,4-7,10-12,19-23,28-29H,3,8-9,13,25H2,(H,26,30)(H,31,32)(H,33,34)(H,35,36)/p-3/t19-,20?,21+,22?,23-/m1/s1. The number of nitrogens with zero attached hydrogens (tertiary/aromatic N) is 1. The number of rotatable bonds is 12. The van der Waals surface area contributed by atoms with E-state index in [0.29, 0.717) is 11.3 Å². The Morgan fingerprint density at radius 3 is 2.45 bits per heavy atom. The molecule has 2 amide bonds. The summed E-state index contributed by atoms with van der Waals surface area (Å²) in [6, 6.07) is 12.6. The van der Waals surface area contributed by atoms with Crippen molar-refractivity contribution in [3.05, 3.63) is 65.9 Å². The lowest BCUT2D eigenvalue weighted by molar-refractivity contribution is -0.246. The van der Waals surface area contributed by atoms with Gasteiger partial charge in [0, 0.05) is 23.5 Å². The average Bonchev–Trinajstić information content (AvgIpc) is 3.48. The highest BCUT2D eigenvalue weighted by molar-refractivity contribution is 7.66. The van der Waals surface area contributed by atoms with Crippen LogP contribution in [0.3, 0.4) is 0 Å². The van der Waals surface area contributed by atoms with Crippen molar-refractivity contribution in [1.29, 1.82) is 0 Å². The van der Waals surface area contributed by atoms with E-state index < -0.39 is 72.8 Å². The highest BCUT2D eigenvalue weighted by atomic mass is 31.3. The first kappa shape index (κ1) is 32.9. The van der Waals surface area contributed by atoms with Crippen molar-refractivity contribution in [2.45, 2.75) is 37.2 Å². The molecule has 5 unspecified atom stereocenters. The number of ether oxygens (including phenoxy) is 2. The van der Waals surface area contributed by atoms with Gasteiger partial charge in [-0.2, -0.15) is 0 Å². The second-order valence-corrected chi connectivity index (χ2v) is 15.0. The minimum absolute atomic E-state index is 0.104. The Hall–Kier alpha value is -2.46. The zero-order valence-electron chi connectivity index (χ0n) is 22.6. The number of fused-ring (bicyclic) bond motifs is 2. The molecule has 0 spiro atoms. The zero-order chi connectivity index (χ0) is 31.9. The second kappa shape index (κ2) is 12.7. The molecule has 3 aliphatic heterocycles. The van der Waals surface area contributed by atoms with Crippen LogP contribution in [0.1, 0.15) is 12.0 Å². The number of benzene rings is 2. The van der Waals surface area contributed by atoms with Crippen molar-refractivity contribution < 1.29 is 66.0 Å². The zero-order valence-corrected chi connectivity index (χ0v) is 25.3. The number of nitrogens with one attached hydrogen (secondary N) is 1. The number of aliphatic hydroxyl groups is 2. The van der Waals surface area contributed by atoms with Gasteiger partial charge in [0.25, 0.3) is 15.6 Å². The SMILES string of the molecule is NCCCP(=O)([O-])OP(=O)([O-])OP(=O)([O-])OC[C@H]1O[C@@H](N2C=C3C=C(c4ccc5ccccc5c4)OC3NC2=O)[C@@H](O)C1O. The van der Waals surface area contributed by atoms with E-state index in [4.69, 9.17) is 15.2 Å². The summed E-state index contributed by atoms with van der Waals surface area (Å²) in [4.78, 5) is 49.4. The van der Waals surface area contributed by atoms with Crippen molar-refractivity contribution >= 4 is 45.8 Å². The van der Waals surface area contributed by atoms with Crippen molar-refractivity contribution in [1.82, 2.24) is 10.2 Å². The maximum absolute atomic E-state index is 12.9. The molecule has 0 bridgehead atoms. The van der Waals surface area contributed by atoms with Gasteiger partial charge in [0.2, 0.25) is 6.23 Å². The number of carbonyl (C=O) groups excluding carboxylic acids is 1. The first-order valence-corrected chi connectivity index (χ1v) is 17.7. The minimum Gasteiger partial charge on any atom is -0.778 e. The topological polar surface area (TPSA) is 265 Å². The molecule has 44 heavy (non-hydrogen) atoms. The van der Waals surface area contributed by atoms with Crippen LogP contribution in [0.15, 0.2) is 60.3 Å². The van der Waals surface area contributed by atoms with Crippen LogP contribution in [0.2, 0.25) is 0 Å². The van der Waals surface area contributed by atoms with Gasteiger partial charge in [-0.25, -0.2) is 9.11 Å². The van der Waals surface area contributed by atoms with Crippen LogP contribution in [0.4, 0.5) is 4.79 Å². The van der Waals surface area contributed by atoms with Gasteiger partial charge < -0.3 is 49.2 Å². The predicted molar refractivity (Wildman–Crippen MR) is 145 cm³/mol. The van der Waals surface area contributed by atoms with E-state index in [2.05, 4.69) is 18.5 Å². The van der Waals surface area contributed by atoms with Gasteiger partial charge in [0.15, 0.2) is 6.23 Å². The summed E-state index contributed by atoms with van der Waals surface area (Å²) >= 11 is 0. The van der Waals surface area contributed by atoms with Gasteiger partial charge in [-0.3, -0.25) is 23.7 Å². The van der Waals surface area contributed by atoms with Gasteiger partial charge in [-0.1, -0.05) is 36.4 Å². The molecular formula is C24H27N3O14P3-3. The van der Waals surface area contributed by atoms with Crippen molar-refractivity contribution in [3.63, 3.8) is 0 Å². The number of phosphoric acid groups is 2. The maximum Gasteiger partial charge on any atom is 0.326 e. The number of nitrogens with two attached hydrogens (primary N) is 1. The first-order valence-electron chi connectivity index (χ1n) is 13.1. The second-order valence-electron chi connectivity index (χ2n) is 9.93. The number of hydrogen-bond acceptors (Lipinski definition) is 15. The molecule has 5 rings (SSSR count). The van der Waals surface area contributed by atoms with Crippen LogP contribution < -0.4 is 25.7 Å². The van der Waals surface area contributed by atoms with Crippen molar-refractivity contribution in [3.8, 4) is 0 Å². The summed E-state index contributed by atoms with van der Waals surface area (Å²) in [7, 11) is -16.8. The molecule has 0 saturated carbocycles. The smallest absolute Gasteiger partial charge is 0.326 e. The van der Waals surface area contributed by atoms with E-state index in [0.717, 1.165) is 21.2 Å². The number of urea groups is 1. The predicted octanol–water partition coefficient (Wildman–Crippen LogP) is -0.218. The molecule has 1 fully saturated rings. The highest BCUT2D eigenvalue weighted by Gasteiger charge is 2.49. The van der Waals surface area contributed by atoms with E-state index in [1.807, 2.05) is 42.5 Å². The Bertz CT molecular complexity index is 1640. The van der Waals surface area contributed by atoms with Crippen LogP contribution in [0.25, 0.3) is 16.5 Å². The van der Waals surface area contributed by atoms with Crippen LogP contribution >= 0.6 is 23.2 Å². The number of hydrogen-bond donors (Lipinski definition) is 4. The summed E-state index contributed by atoms with van der Waals surface area (Å²) < 4.78 is 59.1. The molecule has 8 atom stereocenters. The molecule has 2 aromatic rings. The third kappa shape index (κ3) is 7.49. The summed E-state index contributed by atoms with van der Waals surface area (Å²) in [6.45, 7) is -1.19. The fraction of sp³-hybridized carbons (Fsp3) is 0.375. The molecule has 240 valence electrons. The molecule has 3 heterocycles. The largest absolute Gasteiger partial charge is 0.778 e. The molecule has 0 aromatic heterocycles. The lowest BCUT2D eigenvalue weighted by atomic mass is 10.1. The molecule has 20 heteroatoms. The van der Waals surface area contributed by atoms with Gasteiger partial charge in [-0.05, 0) is 35.9 Å². The third-order valence-corrected chi connectivity index (χ3v) is 11.4. The number of amides is 2. The normalized spacial score (nSPS) is 29.1. The summed E-state index contributed by atoms with van der Waals surface area (Å²) in [5, 5.41) is 25.6. The lowest BCUT2D eigenvalue weighted by Crippen LogP contribution is -2.54. The van der Waals surface area contributed by atoms with Crippen LogP contribution in [0, 0.1) is 0 Å². The molecule has 17 nitrogen and oxygen atoms in total. The Kier molecular flexibility index (Phi) is 9.53. The molecule has 3 aliphatic rings. The van der Waals surface area contributed by atoms with Crippen LogP contribution in [0.5, 0.6) is 0 Å². The summed E-state index contributed by atoms with van der Waals surface area (Å²) in [5.74, 6) is 0.465. The Morgan fingerprint density at radius 1 is 1.00 bits per heavy atom. The number of phosphoric ester groups is 1. The van der Waals surface area contributed by atoms with E-state index in [-0.39, 0.29) is 13.0 Å². The Morgan fingerprint density at radius 2 is 1.73 bits per heavy atom. The van der Waals surface area contributed by atoms with Gasteiger partial charge >= 0.3 is 6.03 Å². The summed E-state index contributed by atoms with van der Waals surface area (Å²) in [5.41, 5.74) is 6.38. The van der Waals surface area contributed by atoms with Gasteiger partial charge in [-0.15, -0.1) is 0 Å². The van der Waals surface area contributed by atoms with E-state index >= 15 is 0 Å². The van der Waals surface area contributed by atoms with E-state index in [1.165, 1.54) is 6.20 Å². The maximum atomic E-state index is 12.9. The van der Waals surface area contributed by atoms with Crippen molar-refractivity contribution in [2.24, 2.45) is 5.73 Å².